The summed E-state index contributed by atoms with van der Waals surface area (Å²) in [4.78, 5) is 0. The molecular weight excluding hydrogens is 203 g/mol. The summed E-state index contributed by atoms with van der Waals surface area (Å²) in [5.74, 6) is 0.628. The van der Waals surface area contributed by atoms with E-state index >= 15 is 0 Å². The third-order valence-corrected chi connectivity index (χ3v) is 1.84. The summed E-state index contributed by atoms with van der Waals surface area (Å²) >= 11 is 5.43. The normalized spacial score (nSPS) is 12.0. The van der Waals surface area contributed by atoms with Crippen LogP contribution in [0.5, 0.6) is 0 Å². The highest BCUT2D eigenvalue weighted by molar-refractivity contribution is 6.17. The van der Waals surface area contributed by atoms with Gasteiger partial charge in [-0.2, -0.15) is 13.2 Å². The van der Waals surface area contributed by atoms with E-state index in [1.54, 1.807) is 0 Å². The summed E-state index contributed by atoms with van der Waals surface area (Å²) in [6.07, 6.45) is -1.98. The average molecular weight is 218 g/mol. The van der Waals surface area contributed by atoms with Crippen molar-refractivity contribution >= 4 is 11.6 Å². The fourth-order valence-electron chi connectivity index (χ4n) is 0.876. The van der Waals surface area contributed by atoms with Crippen molar-refractivity contribution in [2.24, 2.45) is 0 Å². The fraction of sp³-hybridized carbons (Fsp3) is 1.00. The second-order valence-corrected chi connectivity index (χ2v) is 3.24. The fourth-order valence-corrected chi connectivity index (χ4v) is 1.07. The number of unbranched alkanes of at least 4 members (excludes halogenated alkanes) is 2. The predicted octanol–water partition coefficient (Wildman–Crippen LogP) is 2.94. The average Bonchev–Trinajstić information content (AvgIpc) is 2.01. The first-order valence-corrected chi connectivity index (χ1v) is 4.93. The molecule has 0 saturated carbocycles. The first kappa shape index (κ1) is 13.0. The Bertz CT molecular complexity index is 116. The highest BCUT2D eigenvalue weighted by atomic mass is 35.5. The molecule has 0 radical (unpaired) electrons. The summed E-state index contributed by atoms with van der Waals surface area (Å²) in [6.45, 7) is 0.664. The Labute approximate surface area is 81.6 Å². The highest BCUT2D eigenvalue weighted by Gasteiger charge is 2.25. The van der Waals surface area contributed by atoms with E-state index in [0.29, 0.717) is 12.4 Å². The van der Waals surface area contributed by atoms with Gasteiger partial charge in [-0.1, -0.05) is 6.42 Å². The molecule has 0 heterocycles. The van der Waals surface area contributed by atoms with E-state index in [-0.39, 0.29) is 6.54 Å². The van der Waals surface area contributed by atoms with E-state index in [9.17, 15) is 13.2 Å². The molecule has 0 bridgehead atoms. The van der Waals surface area contributed by atoms with Crippen molar-refractivity contribution in [3.05, 3.63) is 0 Å². The van der Waals surface area contributed by atoms with Gasteiger partial charge in [-0.25, -0.2) is 0 Å². The molecule has 1 N–H and O–H groups in total. The van der Waals surface area contributed by atoms with Crippen LogP contribution in [0.25, 0.3) is 0 Å². The number of hydrogen-bond acceptors (Lipinski definition) is 1. The van der Waals surface area contributed by atoms with Gasteiger partial charge in [0.25, 0.3) is 0 Å². The van der Waals surface area contributed by atoms with Crippen LogP contribution >= 0.6 is 11.6 Å². The minimum absolute atomic E-state index is 0.0182. The molecule has 0 atom stereocenters. The van der Waals surface area contributed by atoms with E-state index in [2.05, 4.69) is 5.32 Å². The molecule has 0 aromatic heterocycles. The Balaban J connectivity index is 3.00. The lowest BCUT2D eigenvalue weighted by Crippen LogP contribution is -2.22. The smallest absolute Gasteiger partial charge is 0.316 e. The molecule has 0 aliphatic carbocycles. The van der Waals surface area contributed by atoms with Gasteiger partial charge < -0.3 is 5.32 Å². The molecule has 5 heteroatoms. The van der Waals surface area contributed by atoms with Crippen molar-refractivity contribution in [3.63, 3.8) is 0 Å². The zero-order valence-electron chi connectivity index (χ0n) is 7.46. The summed E-state index contributed by atoms with van der Waals surface area (Å²) in [5, 5.41) is 2.74. The van der Waals surface area contributed by atoms with Crippen LogP contribution in [0, 0.1) is 0 Å². The van der Waals surface area contributed by atoms with E-state index in [4.69, 9.17) is 11.6 Å². The molecule has 0 rings (SSSR count). The monoisotopic (exact) mass is 217 g/mol. The van der Waals surface area contributed by atoms with Gasteiger partial charge in [0, 0.05) is 12.4 Å². The van der Waals surface area contributed by atoms with Crippen LogP contribution in [0.15, 0.2) is 0 Å². The zero-order valence-corrected chi connectivity index (χ0v) is 8.22. The Kier molecular flexibility index (Phi) is 7.47. The standard InChI is InChI=1S/C8H15ClF3N/c9-5-2-1-3-6-13-7-4-8(10,11)12/h13H,1-7H2. The Morgan fingerprint density at radius 2 is 1.69 bits per heavy atom. The van der Waals surface area contributed by atoms with Crippen LogP contribution in [0.2, 0.25) is 0 Å². The second-order valence-electron chi connectivity index (χ2n) is 2.86. The van der Waals surface area contributed by atoms with Gasteiger partial charge in [-0.15, -0.1) is 11.6 Å². The van der Waals surface area contributed by atoms with Crippen molar-refractivity contribution in [1.82, 2.24) is 5.32 Å². The molecule has 0 aliphatic rings. The summed E-state index contributed by atoms with van der Waals surface area (Å²) in [6, 6.07) is 0. The number of rotatable bonds is 7. The number of alkyl halides is 4. The van der Waals surface area contributed by atoms with Crippen molar-refractivity contribution in [1.29, 1.82) is 0 Å². The Morgan fingerprint density at radius 1 is 1.00 bits per heavy atom. The third kappa shape index (κ3) is 12.0. The predicted molar refractivity (Wildman–Crippen MR) is 48.1 cm³/mol. The maximum Gasteiger partial charge on any atom is 0.390 e. The minimum atomic E-state index is -4.04. The quantitative estimate of drug-likeness (QED) is 0.511. The first-order valence-electron chi connectivity index (χ1n) is 4.39. The molecule has 13 heavy (non-hydrogen) atoms. The molecule has 80 valence electrons. The van der Waals surface area contributed by atoms with Crippen LogP contribution in [0.3, 0.4) is 0 Å². The van der Waals surface area contributed by atoms with Crippen LogP contribution in [0.1, 0.15) is 25.7 Å². The molecule has 0 aliphatic heterocycles. The lowest BCUT2D eigenvalue weighted by atomic mass is 10.2. The van der Waals surface area contributed by atoms with Crippen molar-refractivity contribution in [3.8, 4) is 0 Å². The molecule has 0 amide bonds. The summed E-state index contributed by atoms with van der Waals surface area (Å²) < 4.78 is 34.9. The number of nitrogens with one attached hydrogen (secondary N) is 1. The molecule has 0 spiro atoms. The molecule has 0 unspecified atom stereocenters. The molecule has 1 nitrogen and oxygen atoms in total. The zero-order chi connectivity index (χ0) is 10.2. The Hall–Kier alpha value is 0.0400. The SMILES string of the molecule is FC(F)(F)CCNCCCCCCl. The van der Waals surface area contributed by atoms with Crippen LogP contribution in [0.4, 0.5) is 13.2 Å². The van der Waals surface area contributed by atoms with Gasteiger partial charge in [0.1, 0.15) is 0 Å². The number of hydrogen-bond donors (Lipinski definition) is 1. The van der Waals surface area contributed by atoms with Crippen molar-refractivity contribution in [2.45, 2.75) is 31.9 Å². The molecule has 0 aromatic rings. The van der Waals surface area contributed by atoms with Crippen molar-refractivity contribution < 1.29 is 13.2 Å². The molecule has 0 aromatic carbocycles. The molecule has 0 saturated heterocycles. The lowest BCUT2D eigenvalue weighted by molar-refractivity contribution is -0.133. The maximum absolute atomic E-state index is 11.6. The minimum Gasteiger partial charge on any atom is -0.316 e. The first-order chi connectivity index (χ1) is 6.06. The van der Waals surface area contributed by atoms with Gasteiger partial charge in [0.2, 0.25) is 0 Å². The van der Waals surface area contributed by atoms with E-state index < -0.39 is 12.6 Å². The van der Waals surface area contributed by atoms with Gasteiger partial charge in [0.05, 0.1) is 6.42 Å². The van der Waals surface area contributed by atoms with Gasteiger partial charge in [0.15, 0.2) is 0 Å². The summed E-state index contributed by atoms with van der Waals surface area (Å²) in [7, 11) is 0. The summed E-state index contributed by atoms with van der Waals surface area (Å²) in [5.41, 5.74) is 0. The van der Waals surface area contributed by atoms with E-state index in [0.717, 1.165) is 19.3 Å². The topological polar surface area (TPSA) is 12.0 Å². The largest absolute Gasteiger partial charge is 0.390 e. The highest BCUT2D eigenvalue weighted by Crippen LogP contribution is 2.17. The van der Waals surface area contributed by atoms with Gasteiger partial charge >= 0.3 is 6.18 Å². The van der Waals surface area contributed by atoms with Crippen molar-refractivity contribution in [2.75, 3.05) is 19.0 Å². The molecular formula is C8H15ClF3N. The van der Waals surface area contributed by atoms with Gasteiger partial charge in [-0.3, -0.25) is 0 Å². The number of halogens is 4. The van der Waals surface area contributed by atoms with E-state index in [1.807, 2.05) is 0 Å². The molecule has 0 fully saturated rings. The van der Waals surface area contributed by atoms with E-state index in [1.165, 1.54) is 0 Å². The Morgan fingerprint density at radius 3 is 2.23 bits per heavy atom. The van der Waals surface area contributed by atoms with Crippen LogP contribution in [-0.2, 0) is 0 Å². The second kappa shape index (κ2) is 7.44. The maximum atomic E-state index is 11.6. The van der Waals surface area contributed by atoms with Crippen LogP contribution < -0.4 is 5.32 Å². The lowest BCUT2D eigenvalue weighted by Gasteiger charge is -2.06. The third-order valence-electron chi connectivity index (χ3n) is 1.57. The van der Waals surface area contributed by atoms with Crippen LogP contribution in [-0.4, -0.2) is 25.1 Å². The van der Waals surface area contributed by atoms with Gasteiger partial charge in [-0.05, 0) is 19.4 Å².